The van der Waals surface area contributed by atoms with Crippen LogP contribution in [0.25, 0.3) is 0 Å². The first-order valence-corrected chi connectivity index (χ1v) is 4.69. The van der Waals surface area contributed by atoms with Gasteiger partial charge in [-0.1, -0.05) is 0 Å². The van der Waals surface area contributed by atoms with Crippen LogP contribution in [0.5, 0.6) is 0 Å². The molecule has 2 heterocycles. The average molecular weight is 209 g/mol. The predicted octanol–water partition coefficient (Wildman–Crippen LogP) is 1.51. The summed E-state index contributed by atoms with van der Waals surface area (Å²) in [6.07, 6.45) is 1.32. The summed E-state index contributed by atoms with van der Waals surface area (Å²) in [5.41, 5.74) is 0. The molecular formula is C7H7N5OS. The van der Waals surface area contributed by atoms with Crippen molar-refractivity contribution in [1.29, 1.82) is 0 Å². The predicted molar refractivity (Wildman–Crippen MR) is 53.3 cm³/mol. The number of nitrogens with zero attached hydrogens (tertiary/aromatic N) is 2. The van der Waals surface area contributed by atoms with Gasteiger partial charge >= 0.3 is 6.03 Å². The van der Waals surface area contributed by atoms with Gasteiger partial charge in [0.2, 0.25) is 5.95 Å². The molecule has 0 spiro atoms. The molecule has 0 bridgehead atoms. The molecule has 0 aliphatic heterocycles. The van der Waals surface area contributed by atoms with E-state index >= 15 is 0 Å². The minimum absolute atomic E-state index is 0.319. The molecule has 72 valence electrons. The number of aromatic amines is 1. The lowest BCUT2D eigenvalue weighted by molar-refractivity contribution is 0.262. The van der Waals surface area contributed by atoms with Crippen molar-refractivity contribution in [3.8, 4) is 0 Å². The van der Waals surface area contributed by atoms with E-state index in [0.29, 0.717) is 5.95 Å². The number of H-pyrrole nitrogens is 1. The van der Waals surface area contributed by atoms with Crippen LogP contribution in [-0.4, -0.2) is 21.2 Å². The third-order valence-electron chi connectivity index (χ3n) is 1.40. The minimum atomic E-state index is -0.343. The van der Waals surface area contributed by atoms with Crippen LogP contribution in [0.3, 0.4) is 0 Å². The van der Waals surface area contributed by atoms with Crippen LogP contribution in [0, 0.1) is 0 Å². The molecule has 2 aromatic rings. The van der Waals surface area contributed by atoms with Crippen molar-refractivity contribution >= 4 is 28.3 Å². The Hall–Kier alpha value is -1.89. The van der Waals surface area contributed by atoms with Gasteiger partial charge in [-0.05, 0) is 17.5 Å². The van der Waals surface area contributed by atoms with Gasteiger partial charge in [0.1, 0.15) is 6.33 Å². The van der Waals surface area contributed by atoms with E-state index in [1.165, 1.54) is 17.7 Å². The van der Waals surface area contributed by atoms with E-state index < -0.39 is 0 Å². The van der Waals surface area contributed by atoms with E-state index in [2.05, 4.69) is 25.8 Å². The van der Waals surface area contributed by atoms with Crippen molar-refractivity contribution in [1.82, 2.24) is 15.2 Å². The van der Waals surface area contributed by atoms with Crippen LogP contribution < -0.4 is 10.6 Å². The zero-order chi connectivity index (χ0) is 9.80. The summed E-state index contributed by atoms with van der Waals surface area (Å²) in [5.74, 6) is 0.319. The number of urea groups is 1. The van der Waals surface area contributed by atoms with Gasteiger partial charge in [-0.3, -0.25) is 10.6 Å². The molecule has 0 atom stereocenters. The summed E-state index contributed by atoms with van der Waals surface area (Å²) in [6, 6.07) is 3.32. The Bertz CT molecular complexity index is 357. The molecule has 0 aromatic carbocycles. The fraction of sp³-hybridized carbons (Fsp3) is 0. The Morgan fingerprint density at radius 3 is 3.07 bits per heavy atom. The van der Waals surface area contributed by atoms with Crippen LogP contribution in [0.4, 0.5) is 15.7 Å². The van der Waals surface area contributed by atoms with Crippen molar-refractivity contribution in [3.05, 3.63) is 23.8 Å². The van der Waals surface area contributed by atoms with E-state index in [1.807, 2.05) is 17.5 Å². The fourth-order valence-electron chi connectivity index (χ4n) is 0.866. The monoisotopic (exact) mass is 209 g/mol. The molecular weight excluding hydrogens is 202 g/mol. The van der Waals surface area contributed by atoms with Gasteiger partial charge in [0.05, 0.1) is 5.00 Å². The number of hydrogen-bond donors (Lipinski definition) is 3. The first kappa shape index (κ1) is 8.70. The number of anilines is 2. The number of thiophene rings is 1. The van der Waals surface area contributed by atoms with E-state index in [-0.39, 0.29) is 6.03 Å². The van der Waals surface area contributed by atoms with Gasteiger partial charge in [0, 0.05) is 0 Å². The molecule has 2 rings (SSSR count). The second-order valence-corrected chi connectivity index (χ2v) is 3.34. The van der Waals surface area contributed by atoms with Crippen molar-refractivity contribution in [2.24, 2.45) is 0 Å². The number of carbonyl (C=O) groups excluding carboxylic acids is 1. The number of hydrogen-bond acceptors (Lipinski definition) is 4. The second-order valence-electron chi connectivity index (χ2n) is 2.39. The number of amides is 2. The second kappa shape index (κ2) is 3.88. The smallest absolute Gasteiger partial charge is 0.299 e. The highest BCUT2D eigenvalue weighted by Crippen LogP contribution is 2.14. The van der Waals surface area contributed by atoms with Crippen molar-refractivity contribution < 1.29 is 4.79 Å². The summed E-state index contributed by atoms with van der Waals surface area (Å²) in [5, 5.41) is 13.9. The van der Waals surface area contributed by atoms with Crippen molar-refractivity contribution in [3.63, 3.8) is 0 Å². The van der Waals surface area contributed by atoms with Crippen molar-refractivity contribution in [2.45, 2.75) is 0 Å². The topological polar surface area (TPSA) is 82.7 Å². The molecule has 6 nitrogen and oxygen atoms in total. The number of rotatable bonds is 2. The summed E-state index contributed by atoms with van der Waals surface area (Å²) >= 11 is 1.45. The highest BCUT2D eigenvalue weighted by molar-refractivity contribution is 7.14. The minimum Gasteiger partial charge on any atom is -0.299 e. The lowest BCUT2D eigenvalue weighted by atomic mass is 10.6. The van der Waals surface area contributed by atoms with E-state index in [0.717, 1.165) is 5.00 Å². The molecule has 0 aliphatic carbocycles. The maximum Gasteiger partial charge on any atom is 0.326 e. The quantitative estimate of drug-likeness (QED) is 0.701. The summed E-state index contributed by atoms with van der Waals surface area (Å²) in [7, 11) is 0. The van der Waals surface area contributed by atoms with Crippen LogP contribution in [0.1, 0.15) is 0 Å². The zero-order valence-electron chi connectivity index (χ0n) is 7.02. The Kier molecular flexibility index (Phi) is 2.41. The summed E-state index contributed by atoms with van der Waals surface area (Å²) in [4.78, 5) is 15.0. The molecule has 2 aromatic heterocycles. The van der Waals surface area contributed by atoms with Gasteiger partial charge in [0.15, 0.2) is 0 Å². The highest BCUT2D eigenvalue weighted by atomic mass is 32.1. The Morgan fingerprint density at radius 1 is 1.50 bits per heavy atom. The molecule has 0 saturated carbocycles. The molecule has 0 radical (unpaired) electrons. The molecule has 2 amide bonds. The molecule has 0 fully saturated rings. The largest absolute Gasteiger partial charge is 0.326 e. The SMILES string of the molecule is O=C(Nc1ncn[nH]1)Nc1cccs1. The maximum atomic E-state index is 11.3. The first-order chi connectivity index (χ1) is 6.84. The van der Waals surface area contributed by atoms with Gasteiger partial charge in [-0.25, -0.2) is 9.89 Å². The van der Waals surface area contributed by atoms with Gasteiger partial charge < -0.3 is 0 Å². The number of nitrogens with one attached hydrogen (secondary N) is 3. The van der Waals surface area contributed by atoms with Gasteiger partial charge in [-0.2, -0.15) is 10.1 Å². The summed E-state index contributed by atoms with van der Waals surface area (Å²) < 4.78 is 0. The van der Waals surface area contributed by atoms with Crippen LogP contribution in [0.2, 0.25) is 0 Å². The lowest BCUT2D eigenvalue weighted by Gasteiger charge is -2.01. The first-order valence-electron chi connectivity index (χ1n) is 3.81. The van der Waals surface area contributed by atoms with Crippen LogP contribution in [-0.2, 0) is 0 Å². The molecule has 0 aliphatic rings. The Labute approximate surface area is 83.4 Å². The van der Waals surface area contributed by atoms with Crippen LogP contribution in [0.15, 0.2) is 23.8 Å². The Balaban J connectivity index is 1.91. The molecule has 0 unspecified atom stereocenters. The third kappa shape index (κ3) is 2.07. The average Bonchev–Trinajstić information content (AvgIpc) is 2.76. The maximum absolute atomic E-state index is 11.3. The van der Waals surface area contributed by atoms with Crippen molar-refractivity contribution in [2.75, 3.05) is 10.6 Å². The zero-order valence-corrected chi connectivity index (χ0v) is 7.84. The number of carbonyl (C=O) groups is 1. The van der Waals surface area contributed by atoms with E-state index in [1.54, 1.807) is 0 Å². The molecule has 14 heavy (non-hydrogen) atoms. The number of aromatic nitrogens is 3. The van der Waals surface area contributed by atoms with Gasteiger partial charge in [-0.15, -0.1) is 11.3 Å². The molecule has 3 N–H and O–H groups in total. The lowest BCUT2D eigenvalue weighted by Crippen LogP contribution is -2.19. The van der Waals surface area contributed by atoms with Crippen LogP contribution >= 0.6 is 11.3 Å². The fourth-order valence-corrected chi connectivity index (χ4v) is 1.48. The molecule has 7 heteroatoms. The summed E-state index contributed by atoms with van der Waals surface area (Å²) in [6.45, 7) is 0. The van der Waals surface area contributed by atoms with Gasteiger partial charge in [0.25, 0.3) is 0 Å². The molecule has 0 saturated heterocycles. The standard InChI is InChI=1S/C7H7N5OS/c13-7(10-5-2-1-3-14-5)11-6-8-4-9-12-6/h1-4H,(H3,8,9,10,11,12,13). The van der Waals surface area contributed by atoms with E-state index in [9.17, 15) is 4.79 Å². The van der Waals surface area contributed by atoms with E-state index in [4.69, 9.17) is 0 Å². The normalized spacial score (nSPS) is 9.71. The third-order valence-corrected chi connectivity index (χ3v) is 2.19. The highest BCUT2D eigenvalue weighted by Gasteiger charge is 2.03. The Morgan fingerprint density at radius 2 is 2.43 bits per heavy atom.